The summed E-state index contributed by atoms with van der Waals surface area (Å²) in [5, 5.41) is 18.6. The van der Waals surface area contributed by atoms with Crippen LogP contribution in [0, 0.1) is 0 Å². The molecule has 0 radical (unpaired) electrons. The van der Waals surface area contributed by atoms with Crippen molar-refractivity contribution in [1.29, 1.82) is 0 Å². The molecule has 0 saturated carbocycles. The van der Waals surface area contributed by atoms with Crippen LogP contribution >= 0.6 is 0 Å². The first-order chi connectivity index (χ1) is 8.08. The van der Waals surface area contributed by atoms with E-state index in [1.54, 1.807) is 6.07 Å². The molecule has 1 aromatic heterocycles. The molecule has 1 amide bonds. The summed E-state index contributed by atoms with van der Waals surface area (Å²) >= 11 is 0. The molecule has 7 nitrogen and oxygen atoms in total. The number of likely N-dealkylation sites (tertiary alicyclic amines) is 1. The third kappa shape index (κ3) is 2.51. The lowest BCUT2D eigenvalue weighted by Gasteiger charge is -2.15. The molecule has 2 N–H and O–H groups in total. The van der Waals surface area contributed by atoms with Gasteiger partial charge in [-0.1, -0.05) is 0 Å². The Bertz CT molecular complexity index is 463. The van der Waals surface area contributed by atoms with Crippen LogP contribution in [-0.4, -0.2) is 55.9 Å². The van der Waals surface area contributed by atoms with Gasteiger partial charge in [0.25, 0.3) is 0 Å². The van der Waals surface area contributed by atoms with Crippen molar-refractivity contribution in [3.63, 3.8) is 0 Å². The molecule has 0 aliphatic carbocycles. The van der Waals surface area contributed by atoms with Gasteiger partial charge in [-0.25, -0.2) is 9.78 Å². The molecule has 0 bridgehead atoms. The van der Waals surface area contributed by atoms with Gasteiger partial charge in [0.05, 0.1) is 12.2 Å². The van der Waals surface area contributed by atoms with Gasteiger partial charge in [0.15, 0.2) is 0 Å². The van der Waals surface area contributed by atoms with Crippen LogP contribution in [-0.2, 0) is 11.3 Å². The quantitative estimate of drug-likeness (QED) is 0.611. The molecule has 1 saturated heterocycles. The fraction of sp³-hybridized carbons (Fsp3) is 0.500. The molecule has 92 valence electrons. The van der Waals surface area contributed by atoms with Crippen LogP contribution in [0.5, 0.6) is 0 Å². The Morgan fingerprint density at radius 3 is 2.65 bits per heavy atom. The van der Waals surface area contributed by atoms with Crippen LogP contribution in [0.3, 0.4) is 0 Å². The molecule has 7 heteroatoms. The minimum Gasteiger partial charge on any atom is -0.388 e. The maximum atomic E-state index is 11.8. The molecule has 0 unspecified atom stereocenters. The minimum atomic E-state index is -0.912. The number of aliphatic hydroxyl groups is 2. The molecule has 17 heavy (non-hydrogen) atoms. The van der Waals surface area contributed by atoms with E-state index in [4.69, 9.17) is 0 Å². The van der Waals surface area contributed by atoms with Crippen LogP contribution in [0.25, 0.3) is 0 Å². The fourth-order valence-electron chi connectivity index (χ4n) is 1.73. The topological polar surface area (TPSA) is 95.7 Å². The average molecular weight is 239 g/mol. The third-order valence-corrected chi connectivity index (χ3v) is 2.70. The van der Waals surface area contributed by atoms with Gasteiger partial charge < -0.3 is 15.1 Å². The molecule has 1 aromatic rings. The molecule has 0 spiro atoms. The number of hydrogen-bond donors (Lipinski definition) is 2. The van der Waals surface area contributed by atoms with E-state index in [2.05, 4.69) is 4.98 Å². The maximum absolute atomic E-state index is 11.8. The zero-order valence-electron chi connectivity index (χ0n) is 9.06. The zero-order chi connectivity index (χ0) is 12.4. The van der Waals surface area contributed by atoms with Gasteiger partial charge in [-0.2, -0.15) is 0 Å². The van der Waals surface area contributed by atoms with E-state index in [9.17, 15) is 19.8 Å². The van der Waals surface area contributed by atoms with Crippen molar-refractivity contribution in [2.75, 3.05) is 13.1 Å². The van der Waals surface area contributed by atoms with Gasteiger partial charge in [0.2, 0.25) is 5.91 Å². The summed E-state index contributed by atoms with van der Waals surface area (Å²) in [4.78, 5) is 27.9. The second kappa shape index (κ2) is 4.64. The number of hydrogen-bond acceptors (Lipinski definition) is 5. The van der Waals surface area contributed by atoms with Crippen molar-refractivity contribution in [2.45, 2.75) is 18.8 Å². The average Bonchev–Trinajstić information content (AvgIpc) is 2.63. The second-order valence-corrected chi connectivity index (χ2v) is 3.96. The minimum absolute atomic E-state index is 0.0923. The van der Waals surface area contributed by atoms with Crippen molar-refractivity contribution in [2.24, 2.45) is 0 Å². The fourth-order valence-corrected chi connectivity index (χ4v) is 1.73. The van der Waals surface area contributed by atoms with E-state index in [0.29, 0.717) is 0 Å². The first-order valence-electron chi connectivity index (χ1n) is 5.23. The standard InChI is InChI=1S/C10H13N3O4/c14-7-4-13(5-8(7)15)9(16)6-12-3-1-2-11-10(12)17/h1-3,7-8,14-15H,4-6H2/t7-,8+. The van der Waals surface area contributed by atoms with Gasteiger partial charge in [-0.15, -0.1) is 0 Å². The number of carbonyl (C=O) groups is 1. The smallest absolute Gasteiger partial charge is 0.347 e. The van der Waals surface area contributed by atoms with E-state index in [-0.39, 0.29) is 25.5 Å². The number of β-amino-alcohol motifs (C(OH)–C–C–N with tert-alkyl or cyclic N) is 2. The van der Waals surface area contributed by atoms with E-state index in [1.165, 1.54) is 21.9 Å². The number of aliphatic hydroxyl groups excluding tert-OH is 2. The zero-order valence-corrected chi connectivity index (χ0v) is 9.06. The maximum Gasteiger partial charge on any atom is 0.347 e. The van der Waals surface area contributed by atoms with Gasteiger partial charge in [-0.3, -0.25) is 9.36 Å². The van der Waals surface area contributed by atoms with E-state index >= 15 is 0 Å². The summed E-state index contributed by atoms with van der Waals surface area (Å²) in [6.45, 7) is 0.0517. The number of carbonyl (C=O) groups excluding carboxylic acids is 1. The lowest BCUT2D eigenvalue weighted by Crippen LogP contribution is -2.36. The lowest BCUT2D eigenvalue weighted by atomic mass is 10.3. The van der Waals surface area contributed by atoms with Crippen molar-refractivity contribution in [3.05, 3.63) is 28.9 Å². The highest BCUT2D eigenvalue weighted by Crippen LogP contribution is 2.10. The Morgan fingerprint density at radius 1 is 1.41 bits per heavy atom. The highest BCUT2D eigenvalue weighted by atomic mass is 16.3. The summed E-state index contributed by atoms with van der Waals surface area (Å²) in [6, 6.07) is 1.56. The first-order valence-corrected chi connectivity index (χ1v) is 5.23. The van der Waals surface area contributed by atoms with E-state index in [0.717, 1.165) is 0 Å². The number of nitrogens with zero attached hydrogens (tertiary/aromatic N) is 3. The third-order valence-electron chi connectivity index (χ3n) is 2.70. The Kier molecular flexibility index (Phi) is 3.21. The van der Waals surface area contributed by atoms with E-state index < -0.39 is 17.9 Å². The molecule has 1 fully saturated rings. The van der Waals surface area contributed by atoms with E-state index in [1.807, 2.05) is 0 Å². The van der Waals surface area contributed by atoms with Crippen molar-refractivity contribution >= 4 is 5.91 Å². The second-order valence-electron chi connectivity index (χ2n) is 3.96. The van der Waals surface area contributed by atoms with Gasteiger partial charge >= 0.3 is 5.69 Å². The van der Waals surface area contributed by atoms with Crippen LogP contribution in [0.4, 0.5) is 0 Å². The Morgan fingerprint density at radius 2 is 2.06 bits per heavy atom. The number of rotatable bonds is 2. The molecule has 2 atom stereocenters. The highest BCUT2D eigenvalue weighted by molar-refractivity contribution is 5.76. The summed E-state index contributed by atoms with van der Waals surface area (Å²) in [5.41, 5.74) is -0.499. The number of amides is 1. The summed E-state index contributed by atoms with van der Waals surface area (Å²) in [5.74, 6) is -0.323. The molecule has 2 heterocycles. The molecule has 1 aliphatic rings. The van der Waals surface area contributed by atoms with Gasteiger partial charge in [0, 0.05) is 25.5 Å². The van der Waals surface area contributed by atoms with Crippen LogP contribution < -0.4 is 5.69 Å². The molecular weight excluding hydrogens is 226 g/mol. The molecule has 2 rings (SSSR count). The van der Waals surface area contributed by atoms with Crippen molar-refractivity contribution in [1.82, 2.24) is 14.5 Å². The summed E-state index contributed by atoms with van der Waals surface area (Å²) < 4.78 is 1.18. The largest absolute Gasteiger partial charge is 0.388 e. The van der Waals surface area contributed by atoms with Gasteiger partial charge in [0.1, 0.15) is 6.54 Å². The monoisotopic (exact) mass is 239 g/mol. The predicted octanol–water partition coefficient (Wildman–Crippen LogP) is -2.19. The predicted molar refractivity (Wildman–Crippen MR) is 57.1 cm³/mol. The first kappa shape index (κ1) is 11.7. The molecular formula is C10H13N3O4. The Balaban J connectivity index is 2.03. The molecule has 1 aliphatic heterocycles. The lowest BCUT2D eigenvalue weighted by molar-refractivity contribution is -0.131. The van der Waals surface area contributed by atoms with Crippen molar-refractivity contribution < 1.29 is 15.0 Å². The summed E-state index contributed by atoms with van der Waals surface area (Å²) in [7, 11) is 0. The normalized spacial score (nSPS) is 24.0. The Hall–Kier alpha value is -1.73. The SMILES string of the molecule is O=C(Cn1cccnc1=O)N1C[C@@H](O)[C@@H](O)C1. The van der Waals surface area contributed by atoms with Crippen LogP contribution in [0.1, 0.15) is 0 Å². The van der Waals surface area contributed by atoms with Gasteiger partial charge in [-0.05, 0) is 6.07 Å². The van der Waals surface area contributed by atoms with Crippen molar-refractivity contribution in [3.8, 4) is 0 Å². The molecule has 0 aromatic carbocycles. The summed E-state index contributed by atoms with van der Waals surface area (Å²) in [6.07, 6.45) is 0.997. The Labute approximate surface area is 96.9 Å². The highest BCUT2D eigenvalue weighted by Gasteiger charge is 2.32. The van der Waals surface area contributed by atoms with Crippen LogP contribution in [0.15, 0.2) is 23.3 Å². The van der Waals surface area contributed by atoms with Crippen LogP contribution in [0.2, 0.25) is 0 Å². The number of aromatic nitrogens is 2.